The lowest BCUT2D eigenvalue weighted by molar-refractivity contribution is -0.117. The fraction of sp³-hybridized carbons (Fsp3) is 0.133. The van der Waals surface area contributed by atoms with Crippen LogP contribution in [0.4, 0.5) is 10.1 Å². The number of hydrogen-bond acceptors (Lipinski definition) is 2. The zero-order valence-electron chi connectivity index (χ0n) is 10.2. The highest BCUT2D eigenvalue weighted by molar-refractivity contribution is 9.10. The van der Waals surface area contributed by atoms with E-state index in [1.165, 1.54) is 12.1 Å². The van der Waals surface area contributed by atoms with E-state index in [1.807, 2.05) is 12.1 Å². The highest BCUT2D eigenvalue weighted by Crippen LogP contribution is 2.16. The molecule has 0 spiro atoms. The van der Waals surface area contributed by atoms with Crippen LogP contribution in [0.3, 0.4) is 0 Å². The Bertz CT molecular complexity index is 575. The summed E-state index contributed by atoms with van der Waals surface area (Å²) in [5, 5.41) is 0. The minimum Gasteiger partial charge on any atom is -0.399 e. The number of halogens is 2. The third kappa shape index (κ3) is 4.17. The Morgan fingerprint density at radius 3 is 2.32 bits per heavy atom. The molecule has 0 atom stereocenters. The highest BCUT2D eigenvalue weighted by Gasteiger charge is 2.07. The number of nitrogen functional groups attached to an aromatic ring is 1. The lowest BCUT2D eigenvalue weighted by Gasteiger charge is -2.04. The van der Waals surface area contributed by atoms with Crippen molar-refractivity contribution in [2.24, 2.45) is 0 Å². The Kier molecular flexibility index (Phi) is 4.32. The average molecular weight is 322 g/mol. The average Bonchev–Trinajstić information content (AvgIpc) is 2.30. The van der Waals surface area contributed by atoms with E-state index in [2.05, 4.69) is 15.9 Å². The molecule has 0 saturated carbocycles. The first-order chi connectivity index (χ1) is 9.02. The molecule has 4 heteroatoms. The van der Waals surface area contributed by atoms with Crippen LogP contribution < -0.4 is 5.73 Å². The maximum atomic E-state index is 13.2. The van der Waals surface area contributed by atoms with Gasteiger partial charge in [-0.2, -0.15) is 0 Å². The fourth-order valence-corrected chi connectivity index (χ4v) is 2.38. The highest BCUT2D eigenvalue weighted by atomic mass is 79.9. The van der Waals surface area contributed by atoms with Crippen LogP contribution in [0.5, 0.6) is 0 Å². The summed E-state index contributed by atoms with van der Waals surface area (Å²) in [4.78, 5) is 11.9. The zero-order chi connectivity index (χ0) is 13.8. The third-order valence-electron chi connectivity index (χ3n) is 2.70. The van der Waals surface area contributed by atoms with Gasteiger partial charge in [0.15, 0.2) is 0 Å². The van der Waals surface area contributed by atoms with Gasteiger partial charge >= 0.3 is 0 Å². The van der Waals surface area contributed by atoms with Gasteiger partial charge in [0.05, 0.1) is 0 Å². The van der Waals surface area contributed by atoms with Gasteiger partial charge < -0.3 is 5.73 Å². The summed E-state index contributed by atoms with van der Waals surface area (Å²) in [6.07, 6.45) is 0.551. The van der Waals surface area contributed by atoms with Crippen LogP contribution in [0.2, 0.25) is 0 Å². The molecule has 0 aromatic heterocycles. The molecule has 0 saturated heterocycles. The largest absolute Gasteiger partial charge is 0.399 e. The predicted molar refractivity (Wildman–Crippen MR) is 77.4 cm³/mol. The summed E-state index contributed by atoms with van der Waals surface area (Å²) >= 11 is 3.21. The van der Waals surface area contributed by atoms with Gasteiger partial charge in [0, 0.05) is 23.0 Å². The van der Waals surface area contributed by atoms with E-state index in [1.54, 1.807) is 18.2 Å². The van der Waals surface area contributed by atoms with Crippen LogP contribution in [0.25, 0.3) is 0 Å². The molecule has 2 rings (SSSR count). The lowest BCUT2D eigenvalue weighted by atomic mass is 10.0. The smallest absolute Gasteiger partial charge is 0.141 e. The van der Waals surface area contributed by atoms with Crippen LogP contribution >= 0.6 is 15.9 Å². The van der Waals surface area contributed by atoms with Gasteiger partial charge in [-0.25, -0.2) is 4.39 Å². The Morgan fingerprint density at radius 2 is 1.68 bits per heavy atom. The van der Waals surface area contributed by atoms with Gasteiger partial charge in [-0.05, 0) is 41.5 Å². The van der Waals surface area contributed by atoms with E-state index in [0.717, 1.165) is 5.56 Å². The molecular formula is C15H13BrFNO. The van der Waals surface area contributed by atoms with Crippen LogP contribution in [-0.2, 0) is 17.6 Å². The van der Waals surface area contributed by atoms with E-state index in [-0.39, 0.29) is 18.0 Å². The summed E-state index contributed by atoms with van der Waals surface area (Å²) in [6, 6.07) is 11.7. The molecule has 0 unspecified atom stereocenters. The molecule has 19 heavy (non-hydrogen) atoms. The molecule has 0 aliphatic rings. The first kappa shape index (κ1) is 13.7. The maximum absolute atomic E-state index is 13.2. The van der Waals surface area contributed by atoms with E-state index in [4.69, 9.17) is 5.73 Å². The molecule has 98 valence electrons. The molecule has 2 aromatic carbocycles. The molecule has 0 amide bonds. The second-order valence-electron chi connectivity index (χ2n) is 4.41. The van der Waals surface area contributed by atoms with Crippen molar-refractivity contribution in [3.63, 3.8) is 0 Å². The van der Waals surface area contributed by atoms with Gasteiger partial charge in [-0.3, -0.25) is 4.79 Å². The van der Waals surface area contributed by atoms with E-state index in [9.17, 15) is 9.18 Å². The van der Waals surface area contributed by atoms with Crippen LogP contribution in [0.15, 0.2) is 46.9 Å². The summed E-state index contributed by atoms with van der Waals surface area (Å²) in [5.74, 6) is -0.299. The number of Topliss-reactive ketones (excluding diaryl/α,β-unsaturated/α-hetero) is 1. The van der Waals surface area contributed by atoms with Gasteiger partial charge in [0.1, 0.15) is 11.6 Å². The van der Waals surface area contributed by atoms with Crippen molar-refractivity contribution in [2.75, 3.05) is 5.73 Å². The van der Waals surface area contributed by atoms with Crippen molar-refractivity contribution in [3.05, 3.63) is 63.9 Å². The number of nitrogens with two attached hydrogens (primary N) is 1. The van der Waals surface area contributed by atoms with E-state index < -0.39 is 0 Å². The number of anilines is 1. The van der Waals surface area contributed by atoms with Crippen molar-refractivity contribution < 1.29 is 9.18 Å². The summed E-state index contributed by atoms with van der Waals surface area (Å²) in [5.41, 5.74) is 7.84. The number of carbonyl (C=O) groups excluding carboxylic acids is 1. The second kappa shape index (κ2) is 5.97. The van der Waals surface area contributed by atoms with Gasteiger partial charge in [-0.15, -0.1) is 0 Å². The number of rotatable bonds is 4. The SMILES string of the molecule is Nc1ccc(CC(=O)Cc2cc(F)cc(Br)c2)cc1. The Balaban J connectivity index is 2.03. The molecule has 0 fully saturated rings. The number of hydrogen-bond donors (Lipinski definition) is 1. The van der Waals surface area contributed by atoms with Crippen molar-refractivity contribution in [2.45, 2.75) is 12.8 Å². The fourth-order valence-electron chi connectivity index (χ4n) is 1.87. The molecule has 0 heterocycles. The van der Waals surface area contributed by atoms with Crippen molar-refractivity contribution in [1.82, 2.24) is 0 Å². The van der Waals surface area contributed by atoms with Crippen molar-refractivity contribution >= 4 is 27.4 Å². The van der Waals surface area contributed by atoms with Gasteiger partial charge in [-0.1, -0.05) is 28.1 Å². The van der Waals surface area contributed by atoms with E-state index in [0.29, 0.717) is 22.1 Å². The Labute approximate surface area is 119 Å². The maximum Gasteiger partial charge on any atom is 0.141 e. The summed E-state index contributed by atoms with van der Waals surface area (Å²) in [6.45, 7) is 0. The standard InChI is InChI=1S/C15H13BrFNO/c16-12-5-11(6-13(17)9-12)8-15(19)7-10-1-3-14(18)4-2-10/h1-6,9H,7-8,18H2. The number of carbonyl (C=O) groups is 1. The quantitative estimate of drug-likeness (QED) is 0.875. The number of ketones is 1. The predicted octanol–water partition coefficient (Wildman–Crippen LogP) is 3.52. The first-order valence-corrected chi connectivity index (χ1v) is 6.63. The minimum absolute atomic E-state index is 0.0438. The Morgan fingerprint density at radius 1 is 1.05 bits per heavy atom. The summed E-state index contributed by atoms with van der Waals surface area (Å²) in [7, 11) is 0. The van der Waals surface area contributed by atoms with E-state index >= 15 is 0 Å². The molecule has 2 aromatic rings. The summed E-state index contributed by atoms with van der Waals surface area (Å²) < 4.78 is 13.8. The molecule has 0 bridgehead atoms. The molecule has 2 nitrogen and oxygen atoms in total. The lowest BCUT2D eigenvalue weighted by Crippen LogP contribution is -2.07. The minimum atomic E-state index is -0.343. The molecule has 0 radical (unpaired) electrons. The molecule has 2 N–H and O–H groups in total. The topological polar surface area (TPSA) is 43.1 Å². The van der Waals surface area contributed by atoms with Crippen LogP contribution in [0.1, 0.15) is 11.1 Å². The van der Waals surface area contributed by atoms with Crippen LogP contribution in [-0.4, -0.2) is 5.78 Å². The molecule has 0 aliphatic heterocycles. The Hall–Kier alpha value is -1.68. The monoisotopic (exact) mass is 321 g/mol. The molecular weight excluding hydrogens is 309 g/mol. The third-order valence-corrected chi connectivity index (χ3v) is 3.16. The zero-order valence-corrected chi connectivity index (χ0v) is 11.8. The van der Waals surface area contributed by atoms with Gasteiger partial charge in [0.2, 0.25) is 0 Å². The van der Waals surface area contributed by atoms with Crippen molar-refractivity contribution in [3.8, 4) is 0 Å². The van der Waals surface area contributed by atoms with Crippen molar-refractivity contribution in [1.29, 1.82) is 0 Å². The normalized spacial score (nSPS) is 10.4. The van der Waals surface area contributed by atoms with Gasteiger partial charge in [0.25, 0.3) is 0 Å². The van der Waals surface area contributed by atoms with Crippen LogP contribution in [0, 0.1) is 5.82 Å². The first-order valence-electron chi connectivity index (χ1n) is 5.84. The second-order valence-corrected chi connectivity index (χ2v) is 5.33. The number of benzene rings is 2. The molecule has 0 aliphatic carbocycles.